The minimum absolute atomic E-state index is 0.0982. The summed E-state index contributed by atoms with van der Waals surface area (Å²) < 4.78 is 0. The number of amides is 1. The third-order valence-electron chi connectivity index (χ3n) is 7.31. The minimum Gasteiger partial charge on any atom is -0.391 e. The molecule has 1 aromatic heterocycles. The first kappa shape index (κ1) is 19.7. The number of H-pyrrole nitrogens is 1. The van der Waals surface area contributed by atoms with Crippen LogP contribution in [0.2, 0.25) is 0 Å². The molecule has 2 saturated heterocycles. The van der Waals surface area contributed by atoms with Crippen LogP contribution in [0.3, 0.4) is 0 Å². The van der Waals surface area contributed by atoms with Crippen molar-refractivity contribution < 1.29 is 9.90 Å². The van der Waals surface area contributed by atoms with Crippen LogP contribution in [-0.2, 0) is 0 Å². The molecule has 5 rings (SSSR count). The topological polar surface area (TPSA) is 75.7 Å². The van der Waals surface area contributed by atoms with E-state index in [0.717, 1.165) is 69.1 Å². The molecule has 2 N–H and O–H groups in total. The molecule has 0 spiro atoms. The number of piperazine rings is 1. The molecule has 0 unspecified atom stereocenters. The number of likely N-dealkylation sites (tertiary alicyclic amines) is 1. The Labute approximate surface area is 177 Å². The Morgan fingerprint density at radius 2 is 1.77 bits per heavy atom. The fraction of sp³-hybridized carbons (Fsp3) is 0.565. The van der Waals surface area contributed by atoms with Crippen molar-refractivity contribution in [3.63, 3.8) is 0 Å². The number of nitrogens with one attached hydrogen (secondary N) is 1. The molecule has 7 heteroatoms. The monoisotopic (exact) mass is 409 g/mol. The smallest absolute Gasteiger partial charge is 0.253 e. The normalized spacial score (nSPS) is 30.4. The third-order valence-corrected chi connectivity index (χ3v) is 7.31. The van der Waals surface area contributed by atoms with Crippen LogP contribution in [0.15, 0.2) is 36.7 Å². The van der Waals surface area contributed by atoms with E-state index in [1.165, 1.54) is 0 Å². The predicted octanol–water partition coefficient (Wildman–Crippen LogP) is 1.54. The van der Waals surface area contributed by atoms with E-state index in [4.69, 9.17) is 0 Å². The first-order chi connectivity index (χ1) is 14.6. The Bertz CT molecular complexity index is 860. The van der Waals surface area contributed by atoms with Gasteiger partial charge in [-0.05, 0) is 43.9 Å². The highest BCUT2D eigenvalue weighted by atomic mass is 16.3. The quantitative estimate of drug-likeness (QED) is 0.804. The summed E-state index contributed by atoms with van der Waals surface area (Å²) in [4.78, 5) is 27.3. The lowest BCUT2D eigenvalue weighted by molar-refractivity contribution is -0.0249. The zero-order valence-corrected chi connectivity index (χ0v) is 17.6. The van der Waals surface area contributed by atoms with Crippen molar-refractivity contribution in [3.8, 4) is 11.4 Å². The number of aliphatic hydroxyl groups excluding tert-OH is 1. The first-order valence-electron chi connectivity index (χ1n) is 11.1. The highest BCUT2D eigenvalue weighted by Gasteiger charge is 2.44. The maximum atomic E-state index is 13.1. The van der Waals surface area contributed by atoms with E-state index in [-0.39, 0.29) is 18.1 Å². The van der Waals surface area contributed by atoms with Gasteiger partial charge in [0.25, 0.3) is 5.91 Å². The average Bonchev–Trinajstić information content (AvgIpc) is 3.43. The highest BCUT2D eigenvalue weighted by Crippen LogP contribution is 2.39. The maximum Gasteiger partial charge on any atom is 0.253 e. The van der Waals surface area contributed by atoms with Gasteiger partial charge in [0.1, 0.15) is 5.82 Å². The van der Waals surface area contributed by atoms with E-state index in [1.807, 2.05) is 29.2 Å². The van der Waals surface area contributed by atoms with Crippen LogP contribution in [0.25, 0.3) is 11.4 Å². The van der Waals surface area contributed by atoms with E-state index in [1.54, 1.807) is 12.4 Å². The van der Waals surface area contributed by atoms with E-state index >= 15 is 0 Å². The Kier molecular flexibility index (Phi) is 5.35. The molecule has 1 saturated carbocycles. The lowest BCUT2D eigenvalue weighted by Crippen LogP contribution is -2.55. The highest BCUT2D eigenvalue weighted by molar-refractivity contribution is 5.94. The molecule has 160 valence electrons. The van der Waals surface area contributed by atoms with Crippen molar-refractivity contribution in [2.45, 2.75) is 25.0 Å². The molecular weight excluding hydrogens is 378 g/mol. The van der Waals surface area contributed by atoms with Gasteiger partial charge in [-0.15, -0.1) is 0 Å². The Morgan fingerprint density at radius 1 is 1.07 bits per heavy atom. The first-order valence-corrected chi connectivity index (χ1v) is 11.1. The maximum absolute atomic E-state index is 13.1. The van der Waals surface area contributed by atoms with Gasteiger partial charge in [0.15, 0.2) is 0 Å². The standard InChI is InChI=1S/C23H31N5O2/c1-26-8-10-27(11-9-26)20-12-18-14-28(15-19(18)13-21(20)29)23(30)17-4-2-16(3-5-17)22-24-6-7-25-22/h2-7,18-21,29H,8-15H2,1H3,(H,24,25)/t18-,19+,20-,21-/m1/s1. The van der Waals surface area contributed by atoms with E-state index in [9.17, 15) is 9.90 Å². The Hall–Kier alpha value is -2.22. The van der Waals surface area contributed by atoms with Gasteiger partial charge in [-0.1, -0.05) is 12.1 Å². The number of rotatable bonds is 3. The summed E-state index contributed by atoms with van der Waals surface area (Å²) in [5.41, 5.74) is 1.70. The van der Waals surface area contributed by atoms with Gasteiger partial charge in [0.05, 0.1) is 6.10 Å². The fourth-order valence-electron chi connectivity index (χ4n) is 5.50. The molecule has 4 atom stereocenters. The number of carbonyl (C=O) groups is 1. The van der Waals surface area contributed by atoms with Gasteiger partial charge in [-0.2, -0.15) is 0 Å². The second kappa shape index (κ2) is 8.13. The number of hydrogen-bond acceptors (Lipinski definition) is 5. The lowest BCUT2D eigenvalue weighted by atomic mass is 9.77. The zero-order valence-electron chi connectivity index (χ0n) is 17.6. The summed E-state index contributed by atoms with van der Waals surface area (Å²) in [6.07, 6.45) is 5.05. The number of hydrogen-bond donors (Lipinski definition) is 2. The number of fused-ring (bicyclic) bond motifs is 1. The average molecular weight is 410 g/mol. The molecule has 0 radical (unpaired) electrons. The fourth-order valence-corrected chi connectivity index (χ4v) is 5.50. The second-order valence-corrected chi connectivity index (χ2v) is 9.19. The molecule has 0 bridgehead atoms. The summed E-state index contributed by atoms with van der Waals surface area (Å²) in [6.45, 7) is 5.75. The van der Waals surface area contributed by atoms with Crippen LogP contribution in [0.4, 0.5) is 0 Å². The number of benzene rings is 1. The number of likely N-dealkylation sites (N-methyl/N-ethyl adjacent to an activating group) is 1. The summed E-state index contributed by atoms with van der Waals surface area (Å²) in [5.74, 6) is 1.81. The molecule has 7 nitrogen and oxygen atoms in total. The van der Waals surface area contributed by atoms with Gasteiger partial charge < -0.3 is 19.9 Å². The number of aromatic nitrogens is 2. The Morgan fingerprint density at radius 3 is 2.43 bits per heavy atom. The van der Waals surface area contributed by atoms with Crippen LogP contribution in [0.1, 0.15) is 23.2 Å². The number of aromatic amines is 1. The van der Waals surface area contributed by atoms with E-state index < -0.39 is 0 Å². The summed E-state index contributed by atoms with van der Waals surface area (Å²) in [6, 6.07) is 7.92. The number of imidazole rings is 1. The van der Waals surface area contributed by atoms with Crippen LogP contribution < -0.4 is 0 Å². The summed E-state index contributed by atoms with van der Waals surface area (Å²) >= 11 is 0. The number of carbonyl (C=O) groups excluding carboxylic acids is 1. The molecule has 2 aromatic rings. The number of nitrogens with zero attached hydrogens (tertiary/aromatic N) is 4. The van der Waals surface area contributed by atoms with Crippen LogP contribution in [0.5, 0.6) is 0 Å². The van der Waals surface area contributed by atoms with Crippen molar-refractivity contribution >= 4 is 5.91 Å². The van der Waals surface area contributed by atoms with Gasteiger partial charge in [0, 0.05) is 68.8 Å². The summed E-state index contributed by atoms with van der Waals surface area (Å²) in [7, 11) is 2.16. The van der Waals surface area contributed by atoms with Gasteiger partial charge >= 0.3 is 0 Å². The van der Waals surface area contributed by atoms with Gasteiger partial charge in [-0.3, -0.25) is 9.69 Å². The largest absolute Gasteiger partial charge is 0.391 e. The lowest BCUT2D eigenvalue weighted by Gasteiger charge is -2.44. The summed E-state index contributed by atoms with van der Waals surface area (Å²) in [5, 5.41) is 10.8. The zero-order chi connectivity index (χ0) is 20.7. The predicted molar refractivity (Wildman–Crippen MR) is 115 cm³/mol. The second-order valence-electron chi connectivity index (χ2n) is 9.19. The molecule has 2 aliphatic heterocycles. The van der Waals surface area contributed by atoms with E-state index in [0.29, 0.717) is 11.8 Å². The van der Waals surface area contributed by atoms with Crippen molar-refractivity contribution in [1.29, 1.82) is 0 Å². The molecule has 3 aliphatic rings. The molecule has 1 aliphatic carbocycles. The van der Waals surface area contributed by atoms with Crippen molar-refractivity contribution in [3.05, 3.63) is 42.2 Å². The third kappa shape index (κ3) is 3.77. The van der Waals surface area contributed by atoms with Crippen molar-refractivity contribution in [2.75, 3.05) is 46.3 Å². The van der Waals surface area contributed by atoms with Crippen molar-refractivity contribution in [1.82, 2.24) is 24.7 Å². The molecule has 1 amide bonds. The molecule has 3 heterocycles. The minimum atomic E-state index is -0.280. The van der Waals surface area contributed by atoms with Crippen LogP contribution in [-0.4, -0.2) is 94.1 Å². The van der Waals surface area contributed by atoms with Crippen LogP contribution in [0, 0.1) is 11.8 Å². The van der Waals surface area contributed by atoms with Gasteiger partial charge in [-0.25, -0.2) is 4.98 Å². The molecular formula is C23H31N5O2. The molecule has 30 heavy (non-hydrogen) atoms. The Balaban J connectivity index is 1.23. The van der Waals surface area contributed by atoms with Crippen molar-refractivity contribution in [2.24, 2.45) is 11.8 Å². The van der Waals surface area contributed by atoms with E-state index in [2.05, 4.69) is 26.8 Å². The van der Waals surface area contributed by atoms with Crippen LogP contribution >= 0.6 is 0 Å². The molecule has 1 aromatic carbocycles. The number of aliphatic hydroxyl groups is 1. The van der Waals surface area contributed by atoms with Gasteiger partial charge in [0.2, 0.25) is 0 Å². The SMILES string of the molecule is CN1CCN([C@@H]2C[C@@H]3CN(C(=O)c4ccc(-c5ncc[nH]5)cc4)C[C@@H]3C[C@H]2O)CC1. The molecule has 3 fully saturated rings.